The maximum Gasteiger partial charge on any atom is 0.410 e. The number of likely N-dealkylation sites (tertiary alicyclic amines) is 1. The summed E-state index contributed by atoms with van der Waals surface area (Å²) in [5.74, 6) is -0.811. The minimum atomic E-state index is -0.811. The third kappa shape index (κ3) is 1.31. The third-order valence-electron chi connectivity index (χ3n) is 3.72. The molecule has 1 N–H and O–H groups in total. The number of carboxylic acid groups (broad SMARTS) is 1. The summed E-state index contributed by atoms with van der Waals surface area (Å²) in [6.07, 6.45) is 1.69. The van der Waals surface area contributed by atoms with Crippen LogP contribution < -0.4 is 0 Å². The van der Waals surface area contributed by atoms with E-state index < -0.39 is 17.5 Å². The van der Waals surface area contributed by atoms with Gasteiger partial charge in [-0.2, -0.15) is 0 Å². The van der Waals surface area contributed by atoms with Crippen LogP contribution in [0.5, 0.6) is 0 Å². The molecule has 0 spiro atoms. The molecule has 1 amide bonds. The molecule has 5 heteroatoms. The van der Waals surface area contributed by atoms with Crippen molar-refractivity contribution in [2.45, 2.75) is 13.3 Å². The zero-order chi connectivity index (χ0) is 12.0. The molecular weight excluding hydrogens is 210 g/mol. The Morgan fingerprint density at radius 2 is 2.25 bits per heavy atom. The van der Waals surface area contributed by atoms with Gasteiger partial charge in [-0.05, 0) is 6.42 Å². The average Bonchev–Trinajstić information content (AvgIpc) is 2.70. The fourth-order valence-corrected chi connectivity index (χ4v) is 2.63. The normalized spacial score (nSPS) is 35.4. The van der Waals surface area contributed by atoms with Gasteiger partial charge >= 0.3 is 12.1 Å². The predicted octanol–water partition coefficient (Wildman–Crippen LogP) is 1.11. The van der Waals surface area contributed by atoms with Crippen LogP contribution in [0.2, 0.25) is 0 Å². The average molecular weight is 225 g/mol. The van der Waals surface area contributed by atoms with E-state index in [4.69, 9.17) is 9.84 Å². The van der Waals surface area contributed by atoms with E-state index in [9.17, 15) is 9.59 Å². The molecule has 0 aromatic carbocycles. The van der Waals surface area contributed by atoms with Crippen molar-refractivity contribution in [1.82, 2.24) is 4.90 Å². The molecule has 1 aliphatic heterocycles. The Kier molecular flexibility index (Phi) is 2.22. The Labute approximate surface area is 93.7 Å². The lowest BCUT2D eigenvalue weighted by Crippen LogP contribution is -2.34. The number of rotatable bonds is 3. The van der Waals surface area contributed by atoms with Gasteiger partial charge in [-0.15, -0.1) is 0 Å². The molecule has 2 aliphatic rings. The van der Waals surface area contributed by atoms with Gasteiger partial charge in [0.05, 0.1) is 5.41 Å². The highest BCUT2D eigenvalue weighted by molar-refractivity contribution is 5.83. The summed E-state index contributed by atoms with van der Waals surface area (Å²) in [6, 6.07) is 0. The Balaban J connectivity index is 2.01. The van der Waals surface area contributed by atoms with Crippen molar-refractivity contribution in [3.05, 3.63) is 12.7 Å². The van der Waals surface area contributed by atoms with Crippen LogP contribution in [-0.4, -0.2) is 41.8 Å². The lowest BCUT2D eigenvalue weighted by atomic mass is 9.99. The van der Waals surface area contributed by atoms with Crippen LogP contribution in [-0.2, 0) is 9.53 Å². The summed E-state index contributed by atoms with van der Waals surface area (Å²) in [5.41, 5.74) is -1.01. The first-order chi connectivity index (χ1) is 7.45. The molecule has 1 aliphatic carbocycles. The maximum atomic E-state index is 11.5. The van der Waals surface area contributed by atoms with E-state index in [1.54, 1.807) is 0 Å². The van der Waals surface area contributed by atoms with Gasteiger partial charge in [0.15, 0.2) is 0 Å². The SMILES string of the molecule is C=CCOC(=O)N1C[C@@]2(C)C[C@@]2(C(=O)O)C1. The van der Waals surface area contributed by atoms with Crippen LogP contribution in [0.15, 0.2) is 12.7 Å². The lowest BCUT2D eigenvalue weighted by Gasteiger charge is -2.18. The molecule has 2 atom stereocenters. The minimum absolute atomic E-state index is 0.159. The molecular formula is C11H15NO4. The van der Waals surface area contributed by atoms with Crippen molar-refractivity contribution in [3.63, 3.8) is 0 Å². The number of hydrogen-bond donors (Lipinski definition) is 1. The zero-order valence-corrected chi connectivity index (χ0v) is 9.23. The Hall–Kier alpha value is -1.52. The van der Waals surface area contributed by atoms with Gasteiger partial charge in [0.2, 0.25) is 0 Å². The molecule has 1 saturated heterocycles. The summed E-state index contributed by atoms with van der Waals surface area (Å²) in [4.78, 5) is 24.2. The van der Waals surface area contributed by atoms with Crippen molar-refractivity contribution in [2.75, 3.05) is 19.7 Å². The van der Waals surface area contributed by atoms with E-state index in [1.165, 1.54) is 11.0 Å². The standard InChI is InChI=1S/C11H15NO4/c1-3-4-16-9(15)12-6-10(2)5-11(10,7-12)8(13)14/h3H,1,4-7H2,2H3,(H,13,14)/t10-,11+/m1/s1. The third-order valence-corrected chi connectivity index (χ3v) is 3.72. The molecule has 2 rings (SSSR count). The molecule has 0 aromatic rings. The predicted molar refractivity (Wildman–Crippen MR) is 55.9 cm³/mol. The van der Waals surface area contributed by atoms with Gasteiger partial charge in [0.1, 0.15) is 6.61 Å². The van der Waals surface area contributed by atoms with Gasteiger partial charge < -0.3 is 14.7 Å². The number of ether oxygens (including phenoxy) is 1. The van der Waals surface area contributed by atoms with Gasteiger partial charge in [-0.3, -0.25) is 4.79 Å². The topological polar surface area (TPSA) is 66.8 Å². The smallest absolute Gasteiger partial charge is 0.410 e. The second kappa shape index (κ2) is 3.23. The second-order valence-electron chi connectivity index (χ2n) is 4.85. The summed E-state index contributed by atoms with van der Waals surface area (Å²) in [5, 5.41) is 9.16. The van der Waals surface area contributed by atoms with Crippen LogP contribution >= 0.6 is 0 Å². The van der Waals surface area contributed by atoms with E-state index >= 15 is 0 Å². The minimum Gasteiger partial charge on any atom is -0.481 e. The highest BCUT2D eigenvalue weighted by Gasteiger charge is 2.74. The summed E-state index contributed by atoms with van der Waals surface area (Å²) >= 11 is 0. The molecule has 88 valence electrons. The van der Waals surface area contributed by atoms with E-state index in [2.05, 4.69) is 6.58 Å². The molecule has 0 bridgehead atoms. The van der Waals surface area contributed by atoms with Gasteiger partial charge in [-0.1, -0.05) is 19.6 Å². The van der Waals surface area contributed by atoms with Crippen LogP contribution in [0.3, 0.4) is 0 Å². The number of carboxylic acids is 1. The quantitative estimate of drug-likeness (QED) is 0.730. The van der Waals surface area contributed by atoms with E-state index in [-0.39, 0.29) is 18.6 Å². The Morgan fingerprint density at radius 1 is 1.56 bits per heavy atom. The number of amides is 1. The second-order valence-corrected chi connectivity index (χ2v) is 4.85. The molecule has 0 radical (unpaired) electrons. The van der Waals surface area contributed by atoms with Crippen molar-refractivity contribution in [2.24, 2.45) is 10.8 Å². The lowest BCUT2D eigenvalue weighted by molar-refractivity contribution is -0.143. The number of nitrogens with zero attached hydrogens (tertiary/aromatic N) is 1. The highest BCUT2D eigenvalue weighted by atomic mass is 16.6. The monoisotopic (exact) mass is 225 g/mol. The Morgan fingerprint density at radius 3 is 2.75 bits per heavy atom. The van der Waals surface area contributed by atoms with Crippen molar-refractivity contribution in [3.8, 4) is 0 Å². The first-order valence-corrected chi connectivity index (χ1v) is 5.21. The van der Waals surface area contributed by atoms with Crippen LogP contribution in [0.25, 0.3) is 0 Å². The fourth-order valence-electron chi connectivity index (χ4n) is 2.63. The van der Waals surface area contributed by atoms with Crippen LogP contribution in [0, 0.1) is 10.8 Å². The molecule has 0 aromatic heterocycles. The van der Waals surface area contributed by atoms with E-state index in [0.717, 1.165) is 0 Å². The van der Waals surface area contributed by atoms with Crippen LogP contribution in [0.4, 0.5) is 4.79 Å². The molecule has 0 unspecified atom stereocenters. The molecule has 2 fully saturated rings. The summed E-state index contributed by atoms with van der Waals surface area (Å²) in [6.45, 7) is 6.24. The fraction of sp³-hybridized carbons (Fsp3) is 0.636. The van der Waals surface area contributed by atoms with E-state index in [0.29, 0.717) is 13.0 Å². The number of carbonyl (C=O) groups is 2. The van der Waals surface area contributed by atoms with Crippen molar-refractivity contribution < 1.29 is 19.4 Å². The number of aliphatic carboxylic acids is 1. The number of carbonyl (C=O) groups excluding carboxylic acids is 1. The summed E-state index contributed by atoms with van der Waals surface area (Å²) < 4.78 is 4.89. The Bertz CT molecular complexity index is 367. The highest BCUT2D eigenvalue weighted by Crippen LogP contribution is 2.68. The van der Waals surface area contributed by atoms with Crippen LogP contribution in [0.1, 0.15) is 13.3 Å². The summed E-state index contributed by atoms with van der Waals surface area (Å²) in [7, 11) is 0. The molecule has 1 heterocycles. The largest absolute Gasteiger partial charge is 0.481 e. The first kappa shape index (κ1) is 11.0. The zero-order valence-electron chi connectivity index (χ0n) is 9.23. The van der Waals surface area contributed by atoms with Crippen molar-refractivity contribution >= 4 is 12.1 Å². The first-order valence-electron chi connectivity index (χ1n) is 5.21. The van der Waals surface area contributed by atoms with Gasteiger partial charge in [-0.25, -0.2) is 4.79 Å². The molecule has 16 heavy (non-hydrogen) atoms. The van der Waals surface area contributed by atoms with Gasteiger partial charge in [0, 0.05) is 18.5 Å². The molecule has 5 nitrogen and oxygen atoms in total. The number of fused-ring (bicyclic) bond motifs is 1. The van der Waals surface area contributed by atoms with Crippen molar-refractivity contribution in [1.29, 1.82) is 0 Å². The van der Waals surface area contributed by atoms with E-state index in [1.807, 2.05) is 6.92 Å². The number of piperidine rings is 1. The van der Waals surface area contributed by atoms with Gasteiger partial charge in [0.25, 0.3) is 0 Å². The number of hydrogen-bond acceptors (Lipinski definition) is 3. The molecule has 1 saturated carbocycles. The maximum absolute atomic E-state index is 11.5.